The third-order valence-corrected chi connectivity index (χ3v) is 4.64. The zero-order valence-electron chi connectivity index (χ0n) is 15.9. The fraction of sp³-hybridized carbons (Fsp3) is 0.476. The molecule has 1 atom stereocenters. The van der Waals surface area contributed by atoms with Crippen LogP contribution in [0.25, 0.3) is 0 Å². The summed E-state index contributed by atoms with van der Waals surface area (Å²) in [5, 5.41) is 6.84. The van der Waals surface area contributed by atoms with E-state index >= 15 is 0 Å². The van der Waals surface area contributed by atoms with Crippen LogP contribution in [0.3, 0.4) is 0 Å². The number of furan rings is 1. The van der Waals surface area contributed by atoms with Gasteiger partial charge >= 0.3 is 0 Å². The third kappa shape index (κ3) is 6.64. The zero-order valence-corrected chi connectivity index (χ0v) is 15.9. The highest BCUT2D eigenvalue weighted by molar-refractivity contribution is 5.79. The smallest absolute Gasteiger partial charge is 0.191 e. The number of guanidine groups is 1. The van der Waals surface area contributed by atoms with Gasteiger partial charge in [0.15, 0.2) is 5.96 Å². The van der Waals surface area contributed by atoms with Crippen molar-refractivity contribution in [2.75, 3.05) is 40.0 Å². The molecule has 3 rings (SSSR count). The van der Waals surface area contributed by atoms with E-state index in [0.717, 1.165) is 69.6 Å². The van der Waals surface area contributed by atoms with Crippen LogP contribution in [0, 0.1) is 5.92 Å². The van der Waals surface area contributed by atoms with Gasteiger partial charge in [0.25, 0.3) is 0 Å². The van der Waals surface area contributed by atoms with Crippen molar-refractivity contribution in [3.05, 3.63) is 54.0 Å². The van der Waals surface area contributed by atoms with Crippen LogP contribution < -0.4 is 15.4 Å². The third-order valence-electron chi connectivity index (χ3n) is 4.64. The summed E-state index contributed by atoms with van der Waals surface area (Å²) in [6, 6.07) is 12.1. The van der Waals surface area contributed by atoms with Crippen molar-refractivity contribution >= 4 is 5.96 Å². The predicted octanol–water partition coefficient (Wildman–Crippen LogP) is 2.65. The van der Waals surface area contributed by atoms with Crippen LogP contribution >= 0.6 is 0 Å². The molecule has 0 amide bonds. The molecule has 0 bridgehead atoms. The fourth-order valence-corrected chi connectivity index (χ4v) is 3.00. The summed E-state index contributed by atoms with van der Waals surface area (Å²) in [4.78, 5) is 4.75. The van der Waals surface area contributed by atoms with Crippen LogP contribution in [0.5, 0.6) is 5.75 Å². The molecule has 0 spiro atoms. The van der Waals surface area contributed by atoms with Gasteiger partial charge in [-0.15, -0.1) is 0 Å². The summed E-state index contributed by atoms with van der Waals surface area (Å²) in [7, 11) is 1.68. The van der Waals surface area contributed by atoms with E-state index < -0.39 is 0 Å². The number of ether oxygens (including phenoxy) is 2. The number of hydrogen-bond acceptors (Lipinski definition) is 4. The number of rotatable bonds is 9. The van der Waals surface area contributed by atoms with Gasteiger partial charge in [-0.2, -0.15) is 0 Å². The maximum absolute atomic E-state index is 5.44. The number of benzene rings is 1. The Morgan fingerprint density at radius 1 is 1.15 bits per heavy atom. The average Bonchev–Trinajstić information content (AvgIpc) is 3.40. The van der Waals surface area contributed by atoms with Crippen LogP contribution in [0.1, 0.15) is 17.7 Å². The average molecular weight is 371 g/mol. The van der Waals surface area contributed by atoms with E-state index in [2.05, 4.69) is 22.8 Å². The van der Waals surface area contributed by atoms with Crippen molar-refractivity contribution < 1.29 is 13.9 Å². The molecule has 1 aromatic heterocycles. The lowest BCUT2D eigenvalue weighted by atomic mass is 10.1. The lowest BCUT2D eigenvalue weighted by Gasteiger charge is -2.13. The Balaban J connectivity index is 1.47. The number of nitrogens with one attached hydrogen (secondary N) is 2. The summed E-state index contributed by atoms with van der Waals surface area (Å²) in [5.41, 5.74) is 1.27. The first-order chi connectivity index (χ1) is 13.3. The molecule has 1 saturated heterocycles. The van der Waals surface area contributed by atoms with E-state index in [1.165, 1.54) is 5.56 Å². The van der Waals surface area contributed by atoms with Crippen LogP contribution in [0.4, 0.5) is 0 Å². The highest BCUT2D eigenvalue weighted by Crippen LogP contribution is 2.12. The van der Waals surface area contributed by atoms with Gasteiger partial charge in [0.05, 0.1) is 20.0 Å². The normalized spacial score (nSPS) is 17.1. The molecule has 146 valence electrons. The SMILES string of the molecule is COc1ccc(CCNC(=NCC2CCOC2)NCCc2ccco2)cc1. The lowest BCUT2D eigenvalue weighted by Crippen LogP contribution is -2.39. The second kappa shape index (κ2) is 10.6. The molecule has 6 heteroatoms. The molecule has 1 aliphatic heterocycles. The van der Waals surface area contributed by atoms with E-state index in [9.17, 15) is 0 Å². The summed E-state index contributed by atoms with van der Waals surface area (Å²) < 4.78 is 16.0. The molecular weight excluding hydrogens is 342 g/mol. The van der Waals surface area contributed by atoms with E-state index in [4.69, 9.17) is 18.9 Å². The second-order valence-electron chi connectivity index (χ2n) is 6.70. The van der Waals surface area contributed by atoms with Crippen molar-refractivity contribution in [3.63, 3.8) is 0 Å². The maximum atomic E-state index is 5.44. The molecule has 2 N–H and O–H groups in total. The molecule has 0 radical (unpaired) electrons. The number of methoxy groups -OCH3 is 1. The first-order valence-corrected chi connectivity index (χ1v) is 9.59. The Labute approximate surface area is 161 Å². The van der Waals surface area contributed by atoms with Crippen LogP contribution in [0.2, 0.25) is 0 Å². The highest BCUT2D eigenvalue weighted by atomic mass is 16.5. The minimum absolute atomic E-state index is 0.523. The lowest BCUT2D eigenvalue weighted by molar-refractivity contribution is 0.187. The molecule has 2 heterocycles. The topological polar surface area (TPSA) is 68.0 Å². The molecule has 27 heavy (non-hydrogen) atoms. The summed E-state index contributed by atoms with van der Waals surface area (Å²) >= 11 is 0. The number of nitrogens with zero attached hydrogens (tertiary/aromatic N) is 1. The predicted molar refractivity (Wildman–Crippen MR) is 106 cm³/mol. The Morgan fingerprint density at radius 3 is 2.63 bits per heavy atom. The van der Waals surface area contributed by atoms with Crippen molar-refractivity contribution in [2.24, 2.45) is 10.9 Å². The van der Waals surface area contributed by atoms with Crippen molar-refractivity contribution in [3.8, 4) is 5.75 Å². The van der Waals surface area contributed by atoms with E-state index in [0.29, 0.717) is 5.92 Å². The summed E-state index contributed by atoms with van der Waals surface area (Å²) in [6.45, 7) is 4.06. The molecule has 1 unspecified atom stereocenters. The first kappa shape index (κ1) is 19.3. The molecule has 1 aliphatic rings. The monoisotopic (exact) mass is 371 g/mol. The molecule has 1 fully saturated rings. The van der Waals surface area contributed by atoms with E-state index in [-0.39, 0.29) is 0 Å². The standard InChI is InChI=1S/C21H29N3O3/c1-25-19-6-4-17(5-7-19)8-11-22-21(24-15-18-10-14-26-16-18)23-12-9-20-3-2-13-27-20/h2-7,13,18H,8-12,14-16H2,1H3,(H2,22,23,24). The quantitative estimate of drug-likeness (QED) is 0.524. The van der Waals surface area contributed by atoms with Gasteiger partial charge in [-0.25, -0.2) is 0 Å². The first-order valence-electron chi connectivity index (χ1n) is 9.59. The van der Waals surface area contributed by atoms with Gasteiger partial charge in [0, 0.05) is 38.6 Å². The van der Waals surface area contributed by atoms with Crippen LogP contribution in [-0.2, 0) is 17.6 Å². The van der Waals surface area contributed by atoms with Gasteiger partial charge in [-0.05, 0) is 42.7 Å². The second-order valence-corrected chi connectivity index (χ2v) is 6.70. The van der Waals surface area contributed by atoms with E-state index in [1.807, 2.05) is 24.3 Å². The summed E-state index contributed by atoms with van der Waals surface area (Å²) in [6.07, 6.45) is 4.56. The molecule has 0 saturated carbocycles. The van der Waals surface area contributed by atoms with Gasteiger partial charge in [0.1, 0.15) is 11.5 Å². The van der Waals surface area contributed by atoms with Gasteiger partial charge < -0.3 is 24.5 Å². The van der Waals surface area contributed by atoms with Crippen molar-refractivity contribution in [2.45, 2.75) is 19.3 Å². The Kier molecular flexibility index (Phi) is 7.59. The molecule has 1 aromatic carbocycles. The molecule has 6 nitrogen and oxygen atoms in total. The van der Waals surface area contributed by atoms with Crippen molar-refractivity contribution in [1.29, 1.82) is 0 Å². The maximum Gasteiger partial charge on any atom is 0.191 e. The van der Waals surface area contributed by atoms with Crippen LogP contribution in [-0.4, -0.2) is 45.9 Å². The molecule has 2 aromatic rings. The Bertz CT molecular complexity index is 677. The van der Waals surface area contributed by atoms with Gasteiger partial charge in [-0.1, -0.05) is 12.1 Å². The largest absolute Gasteiger partial charge is 0.497 e. The fourth-order valence-electron chi connectivity index (χ4n) is 3.00. The summed E-state index contributed by atoms with van der Waals surface area (Å²) in [5.74, 6) is 3.23. The zero-order chi connectivity index (χ0) is 18.7. The van der Waals surface area contributed by atoms with Crippen molar-refractivity contribution in [1.82, 2.24) is 10.6 Å². The minimum atomic E-state index is 0.523. The highest BCUT2D eigenvalue weighted by Gasteiger charge is 2.15. The molecule has 0 aliphatic carbocycles. The Hall–Kier alpha value is -2.47. The van der Waals surface area contributed by atoms with Crippen LogP contribution in [0.15, 0.2) is 52.1 Å². The number of hydrogen-bond donors (Lipinski definition) is 2. The molecular formula is C21H29N3O3. The van der Waals surface area contributed by atoms with E-state index in [1.54, 1.807) is 13.4 Å². The number of aliphatic imine (C=N–C) groups is 1. The minimum Gasteiger partial charge on any atom is -0.497 e. The van der Waals surface area contributed by atoms with Gasteiger partial charge in [0.2, 0.25) is 0 Å². The Morgan fingerprint density at radius 2 is 1.96 bits per heavy atom. The van der Waals surface area contributed by atoms with Gasteiger partial charge in [-0.3, -0.25) is 4.99 Å².